The van der Waals surface area contributed by atoms with Crippen molar-refractivity contribution in [2.75, 3.05) is 4.90 Å². The van der Waals surface area contributed by atoms with E-state index in [0.29, 0.717) is 6.42 Å². The van der Waals surface area contributed by atoms with Crippen LogP contribution in [0.5, 0.6) is 0 Å². The minimum absolute atomic E-state index is 0.0471. The Balaban J connectivity index is 2.37. The number of carbonyl (C=O) groups excluding carboxylic acids is 1. The van der Waals surface area contributed by atoms with Gasteiger partial charge in [0.25, 0.3) is 0 Å². The molecule has 1 saturated heterocycles. The maximum atomic E-state index is 11.8. The third kappa shape index (κ3) is 1.71. The maximum absolute atomic E-state index is 11.8. The van der Waals surface area contributed by atoms with Crippen LogP contribution in [0.15, 0.2) is 18.2 Å². The lowest BCUT2D eigenvalue weighted by Gasteiger charge is -2.24. The number of nitrogens with zero attached hydrogens (tertiary/aromatic N) is 1. The maximum Gasteiger partial charge on any atom is 0.228 e. The molecule has 0 saturated carbocycles. The first-order chi connectivity index (χ1) is 7.50. The molecular weight excluding hydrogens is 200 g/mol. The summed E-state index contributed by atoms with van der Waals surface area (Å²) in [4.78, 5) is 13.7. The van der Waals surface area contributed by atoms with Crippen LogP contribution in [-0.2, 0) is 4.79 Å². The Morgan fingerprint density at radius 3 is 2.50 bits per heavy atom. The Morgan fingerprint density at radius 1 is 1.31 bits per heavy atom. The Morgan fingerprint density at radius 2 is 2.00 bits per heavy atom. The van der Waals surface area contributed by atoms with Crippen molar-refractivity contribution >= 4 is 11.6 Å². The number of nitrogens with two attached hydrogens (primary N) is 1. The van der Waals surface area contributed by atoms with E-state index in [1.54, 1.807) is 0 Å². The molecule has 86 valence electrons. The van der Waals surface area contributed by atoms with Gasteiger partial charge in [0, 0.05) is 24.2 Å². The highest BCUT2D eigenvalue weighted by molar-refractivity contribution is 5.97. The summed E-state index contributed by atoms with van der Waals surface area (Å²) in [6.45, 7) is 6.13. The van der Waals surface area contributed by atoms with Crippen LogP contribution in [0.4, 0.5) is 5.69 Å². The molecule has 1 aromatic carbocycles. The lowest BCUT2D eigenvalue weighted by atomic mass is 10.1. The van der Waals surface area contributed by atoms with Crippen LogP contribution >= 0.6 is 0 Å². The van der Waals surface area contributed by atoms with E-state index >= 15 is 0 Å². The quantitative estimate of drug-likeness (QED) is 0.780. The van der Waals surface area contributed by atoms with Gasteiger partial charge in [-0.3, -0.25) is 4.79 Å². The van der Waals surface area contributed by atoms with Gasteiger partial charge >= 0.3 is 0 Å². The first kappa shape index (κ1) is 11.1. The largest absolute Gasteiger partial charge is 0.325 e. The molecule has 2 atom stereocenters. The van der Waals surface area contributed by atoms with E-state index in [1.807, 2.05) is 17.9 Å². The molecule has 0 radical (unpaired) electrons. The lowest BCUT2D eigenvalue weighted by Crippen LogP contribution is -2.37. The van der Waals surface area contributed by atoms with Gasteiger partial charge in [-0.2, -0.15) is 0 Å². The summed E-state index contributed by atoms with van der Waals surface area (Å²) in [5.74, 6) is 0.128. The molecular formula is C13H18N2O. The number of carbonyl (C=O) groups is 1. The Kier molecular flexibility index (Phi) is 2.72. The number of hydrogen-bond donors (Lipinski definition) is 1. The van der Waals surface area contributed by atoms with Gasteiger partial charge in [0.05, 0.1) is 0 Å². The molecule has 1 aromatic rings. The average molecular weight is 218 g/mol. The monoisotopic (exact) mass is 218 g/mol. The Labute approximate surface area is 96.2 Å². The van der Waals surface area contributed by atoms with Gasteiger partial charge in [-0.25, -0.2) is 0 Å². The zero-order valence-electron chi connectivity index (χ0n) is 10.0. The molecule has 2 N–H and O–H groups in total. The van der Waals surface area contributed by atoms with Crippen molar-refractivity contribution in [1.82, 2.24) is 0 Å². The molecule has 1 heterocycles. The van der Waals surface area contributed by atoms with Crippen molar-refractivity contribution in [2.45, 2.75) is 39.3 Å². The van der Waals surface area contributed by atoms with E-state index in [0.717, 1.165) is 5.69 Å². The summed E-state index contributed by atoms with van der Waals surface area (Å²) in [5, 5.41) is 0. The van der Waals surface area contributed by atoms with Crippen LogP contribution in [0.1, 0.15) is 24.5 Å². The Hall–Kier alpha value is -1.35. The molecule has 0 aliphatic carbocycles. The third-order valence-electron chi connectivity index (χ3n) is 3.47. The van der Waals surface area contributed by atoms with Crippen molar-refractivity contribution in [3.8, 4) is 0 Å². The Bertz CT molecular complexity index is 428. The molecule has 3 nitrogen and oxygen atoms in total. The van der Waals surface area contributed by atoms with Crippen molar-refractivity contribution in [1.29, 1.82) is 0 Å². The van der Waals surface area contributed by atoms with Crippen LogP contribution in [0, 0.1) is 13.8 Å². The number of hydrogen-bond acceptors (Lipinski definition) is 2. The molecule has 16 heavy (non-hydrogen) atoms. The number of rotatable bonds is 1. The number of anilines is 1. The van der Waals surface area contributed by atoms with E-state index in [4.69, 9.17) is 5.73 Å². The van der Waals surface area contributed by atoms with Crippen LogP contribution in [0.25, 0.3) is 0 Å². The molecule has 2 rings (SSSR count). The van der Waals surface area contributed by atoms with Gasteiger partial charge in [-0.05, 0) is 44.0 Å². The summed E-state index contributed by atoms with van der Waals surface area (Å²) in [6.07, 6.45) is 0.452. The minimum atomic E-state index is -0.0471. The fourth-order valence-electron chi connectivity index (χ4n) is 2.14. The highest BCUT2D eigenvalue weighted by Crippen LogP contribution is 2.27. The summed E-state index contributed by atoms with van der Waals surface area (Å²) < 4.78 is 0. The number of aryl methyl sites for hydroxylation is 2. The predicted molar refractivity (Wildman–Crippen MR) is 65.5 cm³/mol. The summed E-state index contributed by atoms with van der Waals surface area (Å²) in [7, 11) is 0. The molecule has 0 aromatic heterocycles. The van der Waals surface area contributed by atoms with Crippen molar-refractivity contribution in [3.05, 3.63) is 29.3 Å². The second-order valence-corrected chi connectivity index (χ2v) is 4.64. The molecule has 2 unspecified atom stereocenters. The van der Waals surface area contributed by atoms with E-state index in [9.17, 15) is 4.79 Å². The molecule has 0 bridgehead atoms. The zero-order valence-corrected chi connectivity index (χ0v) is 10.0. The van der Waals surface area contributed by atoms with Crippen LogP contribution in [0.3, 0.4) is 0 Å². The molecule has 0 spiro atoms. The van der Waals surface area contributed by atoms with Crippen molar-refractivity contribution < 1.29 is 4.79 Å². The molecule has 1 aliphatic heterocycles. The van der Waals surface area contributed by atoms with Crippen LogP contribution in [0.2, 0.25) is 0 Å². The molecule has 1 amide bonds. The number of benzene rings is 1. The average Bonchev–Trinajstić information content (AvgIpc) is 2.47. The standard InChI is InChI=1S/C13H18N2O/c1-8-4-5-11(6-9(8)2)15-10(3)12(14)7-13(15)16/h4-6,10,12H,7,14H2,1-3H3. The van der Waals surface area contributed by atoms with Gasteiger partial charge in [-0.1, -0.05) is 6.07 Å². The zero-order chi connectivity index (χ0) is 11.9. The van der Waals surface area contributed by atoms with E-state index in [1.165, 1.54) is 11.1 Å². The molecule has 1 aliphatic rings. The lowest BCUT2D eigenvalue weighted by molar-refractivity contribution is -0.117. The highest BCUT2D eigenvalue weighted by atomic mass is 16.2. The molecule has 3 heteroatoms. The number of amides is 1. The van der Waals surface area contributed by atoms with E-state index in [2.05, 4.69) is 26.0 Å². The first-order valence-electron chi connectivity index (χ1n) is 5.65. The highest BCUT2D eigenvalue weighted by Gasteiger charge is 2.35. The van der Waals surface area contributed by atoms with Crippen LogP contribution < -0.4 is 10.6 Å². The summed E-state index contributed by atoms with van der Waals surface area (Å²) in [5.41, 5.74) is 9.32. The van der Waals surface area contributed by atoms with Gasteiger partial charge < -0.3 is 10.6 Å². The van der Waals surface area contributed by atoms with Gasteiger partial charge in [-0.15, -0.1) is 0 Å². The van der Waals surface area contributed by atoms with Gasteiger partial charge in [0.15, 0.2) is 0 Å². The smallest absolute Gasteiger partial charge is 0.228 e. The first-order valence-corrected chi connectivity index (χ1v) is 5.65. The SMILES string of the molecule is Cc1ccc(N2C(=O)CC(N)C2C)cc1C. The van der Waals surface area contributed by atoms with E-state index < -0.39 is 0 Å². The van der Waals surface area contributed by atoms with Gasteiger partial charge in [0.1, 0.15) is 0 Å². The second kappa shape index (κ2) is 3.91. The van der Waals surface area contributed by atoms with Crippen LogP contribution in [-0.4, -0.2) is 18.0 Å². The minimum Gasteiger partial charge on any atom is -0.325 e. The normalized spacial score (nSPS) is 25.2. The van der Waals surface area contributed by atoms with Crippen molar-refractivity contribution in [2.24, 2.45) is 5.73 Å². The fraction of sp³-hybridized carbons (Fsp3) is 0.462. The topological polar surface area (TPSA) is 46.3 Å². The third-order valence-corrected chi connectivity index (χ3v) is 3.47. The fourth-order valence-corrected chi connectivity index (χ4v) is 2.14. The second-order valence-electron chi connectivity index (χ2n) is 4.64. The van der Waals surface area contributed by atoms with Crippen molar-refractivity contribution in [3.63, 3.8) is 0 Å². The summed E-state index contributed by atoms with van der Waals surface area (Å²) >= 11 is 0. The predicted octanol–water partition coefficient (Wildman–Crippen LogP) is 1.76. The summed E-state index contributed by atoms with van der Waals surface area (Å²) in [6, 6.07) is 6.15. The van der Waals surface area contributed by atoms with E-state index in [-0.39, 0.29) is 18.0 Å². The van der Waals surface area contributed by atoms with Gasteiger partial charge in [0.2, 0.25) is 5.91 Å². The molecule has 1 fully saturated rings.